The first-order valence-electron chi connectivity index (χ1n) is 8.78. The van der Waals surface area contributed by atoms with Crippen molar-refractivity contribution in [1.82, 2.24) is 0 Å². The molecular weight excluding hydrogens is 278 g/mol. The van der Waals surface area contributed by atoms with Gasteiger partial charge in [0.15, 0.2) is 0 Å². The number of hydrogen-bond acceptors (Lipinski definition) is 1. The minimum Gasteiger partial charge on any atom is -0.381 e. The molecule has 1 heteroatoms. The van der Waals surface area contributed by atoms with Crippen LogP contribution in [0.3, 0.4) is 0 Å². The Morgan fingerprint density at radius 1 is 0.652 bits per heavy atom. The maximum Gasteiger partial charge on any atom is 0.0400 e. The average Bonchev–Trinajstić information content (AvgIpc) is 2.57. The lowest BCUT2D eigenvalue weighted by Crippen LogP contribution is -1.98. The van der Waals surface area contributed by atoms with Crippen molar-refractivity contribution in [2.75, 3.05) is 5.32 Å². The second-order valence-electron chi connectivity index (χ2n) is 6.21. The Morgan fingerprint density at radius 3 is 1.39 bits per heavy atom. The van der Waals surface area contributed by atoms with Gasteiger partial charge in [-0.25, -0.2) is 0 Å². The second-order valence-corrected chi connectivity index (χ2v) is 6.21. The molecule has 2 aromatic carbocycles. The highest BCUT2D eigenvalue weighted by Crippen LogP contribution is 2.08. The van der Waals surface area contributed by atoms with E-state index in [1.54, 1.807) is 0 Å². The highest BCUT2D eigenvalue weighted by atomic mass is 14.9. The van der Waals surface area contributed by atoms with E-state index < -0.39 is 0 Å². The molecule has 0 spiro atoms. The number of anilines is 1. The lowest BCUT2D eigenvalue weighted by atomic mass is 10.0. The summed E-state index contributed by atoms with van der Waals surface area (Å²) in [6.07, 6.45) is 0. The van der Waals surface area contributed by atoms with Gasteiger partial charge in [0.25, 0.3) is 0 Å². The number of nitrogens with one attached hydrogen (secondary N) is 1. The summed E-state index contributed by atoms with van der Waals surface area (Å²) in [4.78, 5) is 0. The molecule has 0 radical (unpaired) electrons. The normalized spacial score (nSPS) is 9.04. The van der Waals surface area contributed by atoms with E-state index in [0.717, 1.165) is 12.2 Å². The minimum atomic E-state index is 0.500. The van der Waals surface area contributed by atoms with Gasteiger partial charge in [-0.3, -0.25) is 0 Å². The lowest BCUT2D eigenvalue weighted by Gasteiger charge is -2.05. The predicted molar refractivity (Wildman–Crippen MR) is 108 cm³/mol. The molecule has 2 rings (SSSR count). The van der Waals surface area contributed by atoms with Gasteiger partial charge in [0.05, 0.1) is 0 Å². The van der Waals surface area contributed by atoms with Crippen LogP contribution in [-0.2, 0) is 6.54 Å². The SMILES string of the molecule is CC.CC.CC(C)(C)C.c1ccc(CNc2ccccc2)cc1. The van der Waals surface area contributed by atoms with Crippen LogP contribution in [0.1, 0.15) is 61.0 Å². The highest BCUT2D eigenvalue weighted by molar-refractivity contribution is 5.43. The summed E-state index contributed by atoms with van der Waals surface area (Å²) in [5.74, 6) is 0. The number of hydrogen-bond donors (Lipinski definition) is 1. The van der Waals surface area contributed by atoms with Crippen molar-refractivity contribution in [3.8, 4) is 0 Å². The maximum absolute atomic E-state index is 3.36. The first-order valence-corrected chi connectivity index (χ1v) is 8.78. The summed E-state index contributed by atoms with van der Waals surface area (Å²) >= 11 is 0. The third kappa shape index (κ3) is 18.2. The second kappa shape index (κ2) is 15.1. The molecule has 0 atom stereocenters. The van der Waals surface area contributed by atoms with Gasteiger partial charge in [0.1, 0.15) is 0 Å². The van der Waals surface area contributed by atoms with Crippen molar-refractivity contribution >= 4 is 5.69 Å². The summed E-state index contributed by atoms with van der Waals surface area (Å²) in [6.45, 7) is 17.6. The van der Waals surface area contributed by atoms with Crippen LogP contribution in [0.5, 0.6) is 0 Å². The molecule has 0 aromatic heterocycles. The first-order chi connectivity index (χ1) is 10.9. The fourth-order valence-electron chi connectivity index (χ4n) is 1.36. The quantitative estimate of drug-likeness (QED) is 0.622. The zero-order chi connectivity index (χ0) is 18.1. The van der Waals surface area contributed by atoms with Crippen molar-refractivity contribution in [3.63, 3.8) is 0 Å². The molecule has 0 aliphatic carbocycles. The van der Waals surface area contributed by atoms with E-state index in [0.29, 0.717) is 5.41 Å². The zero-order valence-corrected chi connectivity index (χ0v) is 16.5. The van der Waals surface area contributed by atoms with E-state index in [1.165, 1.54) is 5.56 Å². The third-order valence-electron chi connectivity index (χ3n) is 2.11. The fraction of sp³-hybridized carbons (Fsp3) is 0.455. The molecule has 0 amide bonds. The summed E-state index contributed by atoms with van der Waals surface area (Å²) in [5, 5.41) is 3.36. The number of benzene rings is 2. The van der Waals surface area contributed by atoms with E-state index >= 15 is 0 Å². The topological polar surface area (TPSA) is 12.0 Å². The van der Waals surface area contributed by atoms with Gasteiger partial charge >= 0.3 is 0 Å². The maximum atomic E-state index is 3.36. The van der Waals surface area contributed by atoms with Gasteiger partial charge in [-0.2, -0.15) is 0 Å². The zero-order valence-electron chi connectivity index (χ0n) is 16.5. The summed E-state index contributed by atoms with van der Waals surface area (Å²) < 4.78 is 0. The van der Waals surface area contributed by atoms with Crippen molar-refractivity contribution in [2.24, 2.45) is 5.41 Å². The molecule has 0 saturated carbocycles. The van der Waals surface area contributed by atoms with E-state index in [1.807, 2.05) is 52.0 Å². The predicted octanol–water partition coefficient (Wildman–Crippen LogP) is 7.40. The van der Waals surface area contributed by atoms with Gasteiger partial charge < -0.3 is 5.32 Å². The van der Waals surface area contributed by atoms with Crippen molar-refractivity contribution < 1.29 is 0 Å². The Morgan fingerprint density at radius 2 is 1.00 bits per heavy atom. The molecule has 2 aromatic rings. The monoisotopic (exact) mass is 315 g/mol. The van der Waals surface area contributed by atoms with E-state index in [-0.39, 0.29) is 0 Å². The van der Waals surface area contributed by atoms with Gasteiger partial charge in [-0.05, 0) is 23.1 Å². The van der Waals surface area contributed by atoms with E-state index in [9.17, 15) is 0 Å². The molecular formula is C22H37N. The van der Waals surface area contributed by atoms with E-state index in [2.05, 4.69) is 69.4 Å². The molecule has 130 valence electrons. The van der Waals surface area contributed by atoms with Gasteiger partial charge in [0, 0.05) is 12.2 Å². The van der Waals surface area contributed by atoms with E-state index in [4.69, 9.17) is 0 Å². The molecule has 1 nitrogen and oxygen atoms in total. The van der Waals surface area contributed by atoms with Crippen molar-refractivity contribution in [2.45, 2.75) is 61.9 Å². The Hall–Kier alpha value is -1.76. The Bertz CT molecular complexity index is 395. The van der Waals surface area contributed by atoms with Crippen LogP contribution in [0.15, 0.2) is 60.7 Å². The van der Waals surface area contributed by atoms with Crippen molar-refractivity contribution in [3.05, 3.63) is 66.2 Å². The van der Waals surface area contributed by atoms with Crippen LogP contribution >= 0.6 is 0 Å². The standard InChI is InChI=1S/C13H13N.C5H12.2C2H6/c1-3-7-12(8-4-1)11-14-13-9-5-2-6-10-13;1-5(2,3)4;2*1-2/h1-10,14H,11H2;1-4H3;2*1-2H3. The first kappa shape index (κ1) is 23.5. The van der Waals surface area contributed by atoms with Crippen molar-refractivity contribution in [1.29, 1.82) is 0 Å². The minimum absolute atomic E-state index is 0.500. The summed E-state index contributed by atoms with van der Waals surface area (Å²) in [6, 6.07) is 20.6. The number of para-hydroxylation sites is 1. The largest absolute Gasteiger partial charge is 0.381 e. The fourth-order valence-corrected chi connectivity index (χ4v) is 1.36. The molecule has 0 bridgehead atoms. The van der Waals surface area contributed by atoms with Crippen LogP contribution in [0, 0.1) is 5.41 Å². The smallest absolute Gasteiger partial charge is 0.0400 e. The van der Waals surface area contributed by atoms with Crippen LogP contribution in [-0.4, -0.2) is 0 Å². The molecule has 23 heavy (non-hydrogen) atoms. The average molecular weight is 316 g/mol. The molecule has 0 unspecified atom stereocenters. The van der Waals surface area contributed by atoms with Gasteiger partial charge in [0.2, 0.25) is 0 Å². The Balaban J connectivity index is 0. The van der Waals surface area contributed by atoms with Crippen LogP contribution in [0.4, 0.5) is 5.69 Å². The molecule has 1 N–H and O–H groups in total. The van der Waals surface area contributed by atoms with Gasteiger partial charge in [-0.1, -0.05) is 104 Å². The Kier molecular flexibility index (Phi) is 15.5. The molecule has 0 heterocycles. The molecule has 0 aliphatic rings. The van der Waals surface area contributed by atoms with Gasteiger partial charge in [-0.15, -0.1) is 0 Å². The van der Waals surface area contributed by atoms with Crippen LogP contribution in [0.25, 0.3) is 0 Å². The summed E-state index contributed by atoms with van der Waals surface area (Å²) in [7, 11) is 0. The molecule has 0 fully saturated rings. The highest BCUT2D eigenvalue weighted by Gasteiger charge is 1.95. The Labute approximate surface area is 145 Å². The van der Waals surface area contributed by atoms with Crippen LogP contribution < -0.4 is 5.32 Å². The molecule has 0 saturated heterocycles. The lowest BCUT2D eigenvalue weighted by molar-refractivity contribution is 0.469. The summed E-state index contributed by atoms with van der Waals surface area (Å²) in [5.41, 5.74) is 2.97. The number of rotatable bonds is 3. The third-order valence-corrected chi connectivity index (χ3v) is 2.11. The molecule has 0 aliphatic heterocycles. The van der Waals surface area contributed by atoms with Crippen LogP contribution in [0.2, 0.25) is 0 Å².